The topological polar surface area (TPSA) is 3.24 Å². The first-order valence-corrected chi connectivity index (χ1v) is 8.64. The molecule has 1 nitrogen and oxygen atoms in total. The molecular formula is C18H31N. The lowest BCUT2D eigenvalue weighted by molar-refractivity contribution is 0.132. The van der Waals surface area contributed by atoms with E-state index in [0.29, 0.717) is 6.04 Å². The van der Waals surface area contributed by atoms with E-state index >= 15 is 0 Å². The minimum absolute atomic E-state index is 0.581. The number of unbranched alkanes of at least 4 members (excludes halogenated alkanes) is 2. The van der Waals surface area contributed by atoms with Gasteiger partial charge in [-0.3, -0.25) is 4.90 Å². The Morgan fingerprint density at radius 3 is 2.37 bits per heavy atom. The molecule has 0 radical (unpaired) electrons. The summed E-state index contributed by atoms with van der Waals surface area (Å²) in [6.45, 7) is 4.85. The molecule has 2 fully saturated rings. The first-order valence-electron chi connectivity index (χ1n) is 8.64. The first kappa shape index (κ1) is 14.9. The van der Waals surface area contributed by atoms with Gasteiger partial charge in [0, 0.05) is 6.42 Å². The van der Waals surface area contributed by atoms with Gasteiger partial charge in [0.1, 0.15) is 0 Å². The van der Waals surface area contributed by atoms with E-state index in [0.717, 1.165) is 12.3 Å². The Hall–Kier alpha value is -0.480. The van der Waals surface area contributed by atoms with Crippen LogP contribution in [-0.2, 0) is 0 Å². The first-order chi connectivity index (χ1) is 9.42. The second-order valence-electron chi connectivity index (χ2n) is 6.36. The van der Waals surface area contributed by atoms with Crippen LogP contribution in [0.1, 0.15) is 77.6 Å². The Kier molecular flexibility index (Phi) is 6.79. The van der Waals surface area contributed by atoms with Crippen LogP contribution in [0.5, 0.6) is 0 Å². The Morgan fingerprint density at radius 2 is 1.68 bits per heavy atom. The molecule has 1 heteroatoms. The van der Waals surface area contributed by atoms with Gasteiger partial charge in [0.15, 0.2) is 0 Å². The van der Waals surface area contributed by atoms with Crippen LogP contribution in [0.15, 0.2) is 0 Å². The maximum atomic E-state index is 3.67. The second-order valence-corrected chi connectivity index (χ2v) is 6.36. The molecule has 1 aliphatic heterocycles. The summed E-state index contributed by atoms with van der Waals surface area (Å²) in [7, 11) is 0. The van der Waals surface area contributed by atoms with Crippen molar-refractivity contribution in [1.82, 2.24) is 4.90 Å². The number of likely N-dealkylation sites (tertiary alicyclic amines) is 1. The van der Waals surface area contributed by atoms with Crippen LogP contribution in [0, 0.1) is 17.8 Å². The highest BCUT2D eigenvalue weighted by atomic mass is 15.2. The Bertz CT molecular complexity index is 269. The smallest absolute Gasteiger partial charge is 0.0743 e. The second kappa shape index (κ2) is 8.64. The van der Waals surface area contributed by atoms with Crippen molar-refractivity contribution in [2.45, 2.75) is 83.6 Å². The quantitative estimate of drug-likeness (QED) is 0.527. The van der Waals surface area contributed by atoms with E-state index in [9.17, 15) is 0 Å². The van der Waals surface area contributed by atoms with E-state index < -0.39 is 0 Å². The molecule has 2 rings (SSSR count). The van der Waals surface area contributed by atoms with Gasteiger partial charge in [0.2, 0.25) is 0 Å². The summed E-state index contributed by atoms with van der Waals surface area (Å²) in [5.74, 6) is 8.02. The Morgan fingerprint density at radius 1 is 1.00 bits per heavy atom. The molecule has 0 aromatic rings. The predicted molar refractivity (Wildman–Crippen MR) is 83.1 cm³/mol. The van der Waals surface area contributed by atoms with Crippen molar-refractivity contribution in [1.29, 1.82) is 0 Å². The molecule has 108 valence electrons. The van der Waals surface area contributed by atoms with Crippen molar-refractivity contribution in [3.63, 3.8) is 0 Å². The van der Waals surface area contributed by atoms with Gasteiger partial charge in [-0.25, -0.2) is 0 Å². The van der Waals surface area contributed by atoms with Crippen LogP contribution < -0.4 is 0 Å². The molecule has 0 amide bonds. The highest BCUT2D eigenvalue weighted by molar-refractivity contribution is 5.11. The van der Waals surface area contributed by atoms with E-state index in [2.05, 4.69) is 23.7 Å². The third kappa shape index (κ3) is 4.84. The SMILES string of the molecule is CCCCC#CC(C1CCCCC1)N1CCCCC1. The Balaban J connectivity index is 1.95. The van der Waals surface area contributed by atoms with Crippen LogP contribution in [0.2, 0.25) is 0 Å². The lowest BCUT2D eigenvalue weighted by Gasteiger charge is -2.37. The summed E-state index contributed by atoms with van der Waals surface area (Å²) < 4.78 is 0. The average molecular weight is 261 g/mol. The molecule has 0 bridgehead atoms. The van der Waals surface area contributed by atoms with Crippen LogP contribution in [0.25, 0.3) is 0 Å². The van der Waals surface area contributed by atoms with Gasteiger partial charge in [-0.05, 0) is 51.1 Å². The maximum absolute atomic E-state index is 3.67. The molecule has 1 saturated carbocycles. The number of rotatable bonds is 4. The van der Waals surface area contributed by atoms with E-state index in [1.165, 1.54) is 77.3 Å². The highest BCUT2D eigenvalue weighted by Gasteiger charge is 2.28. The molecule has 0 aromatic carbocycles. The normalized spacial score (nSPS) is 23.6. The molecule has 1 unspecified atom stereocenters. The van der Waals surface area contributed by atoms with Gasteiger partial charge >= 0.3 is 0 Å². The fourth-order valence-corrected chi connectivity index (χ4v) is 3.60. The monoisotopic (exact) mass is 261 g/mol. The standard InChI is InChI=1S/C18H31N/c1-2-3-4-9-14-18(17-12-7-5-8-13-17)19-15-10-6-11-16-19/h17-18H,2-8,10-13,15-16H2,1H3. The fourth-order valence-electron chi connectivity index (χ4n) is 3.60. The number of nitrogens with zero attached hydrogens (tertiary/aromatic N) is 1. The molecule has 1 atom stereocenters. The minimum atomic E-state index is 0.581. The molecule has 1 aliphatic carbocycles. The van der Waals surface area contributed by atoms with Gasteiger partial charge in [-0.15, -0.1) is 5.92 Å². The van der Waals surface area contributed by atoms with Crippen molar-refractivity contribution in [3.05, 3.63) is 0 Å². The number of piperidine rings is 1. The fraction of sp³-hybridized carbons (Fsp3) is 0.889. The average Bonchev–Trinajstić information content (AvgIpc) is 2.49. The van der Waals surface area contributed by atoms with Gasteiger partial charge in [0.05, 0.1) is 6.04 Å². The largest absolute Gasteiger partial charge is 0.290 e. The molecule has 1 heterocycles. The van der Waals surface area contributed by atoms with Crippen molar-refractivity contribution in [3.8, 4) is 11.8 Å². The number of hydrogen-bond acceptors (Lipinski definition) is 1. The van der Waals surface area contributed by atoms with Crippen LogP contribution in [-0.4, -0.2) is 24.0 Å². The van der Waals surface area contributed by atoms with Gasteiger partial charge in [-0.2, -0.15) is 0 Å². The molecule has 1 saturated heterocycles. The summed E-state index contributed by atoms with van der Waals surface area (Å²) >= 11 is 0. The van der Waals surface area contributed by atoms with Crippen molar-refractivity contribution < 1.29 is 0 Å². The van der Waals surface area contributed by atoms with E-state index in [-0.39, 0.29) is 0 Å². The summed E-state index contributed by atoms with van der Waals surface area (Å²) in [6, 6.07) is 0.581. The minimum Gasteiger partial charge on any atom is -0.290 e. The zero-order chi connectivity index (χ0) is 13.3. The lowest BCUT2D eigenvalue weighted by Crippen LogP contribution is -2.43. The molecule has 0 spiro atoms. The third-order valence-corrected chi connectivity index (χ3v) is 4.79. The van der Waals surface area contributed by atoms with Crippen molar-refractivity contribution in [2.24, 2.45) is 5.92 Å². The molecule has 0 aromatic heterocycles. The summed E-state index contributed by atoms with van der Waals surface area (Å²) in [6.07, 6.45) is 15.0. The molecule has 0 N–H and O–H groups in total. The lowest BCUT2D eigenvalue weighted by atomic mass is 9.83. The van der Waals surface area contributed by atoms with E-state index in [1.807, 2.05) is 0 Å². The molecule has 2 aliphatic rings. The van der Waals surface area contributed by atoms with Crippen LogP contribution in [0.3, 0.4) is 0 Å². The zero-order valence-corrected chi connectivity index (χ0v) is 12.8. The van der Waals surface area contributed by atoms with Crippen LogP contribution >= 0.6 is 0 Å². The van der Waals surface area contributed by atoms with Crippen molar-refractivity contribution >= 4 is 0 Å². The van der Waals surface area contributed by atoms with E-state index in [4.69, 9.17) is 0 Å². The molecule has 19 heavy (non-hydrogen) atoms. The predicted octanol–water partition coefficient (Wildman–Crippen LogP) is 4.61. The summed E-state index contributed by atoms with van der Waals surface area (Å²) in [5.41, 5.74) is 0. The van der Waals surface area contributed by atoms with E-state index in [1.54, 1.807) is 0 Å². The zero-order valence-electron chi connectivity index (χ0n) is 12.8. The molecular weight excluding hydrogens is 230 g/mol. The van der Waals surface area contributed by atoms with Gasteiger partial charge in [-0.1, -0.05) is 44.9 Å². The van der Waals surface area contributed by atoms with Gasteiger partial charge < -0.3 is 0 Å². The van der Waals surface area contributed by atoms with Crippen molar-refractivity contribution in [2.75, 3.05) is 13.1 Å². The third-order valence-electron chi connectivity index (χ3n) is 4.79. The number of hydrogen-bond donors (Lipinski definition) is 0. The Labute approximate surface area is 120 Å². The summed E-state index contributed by atoms with van der Waals surface area (Å²) in [4.78, 5) is 2.71. The van der Waals surface area contributed by atoms with Gasteiger partial charge in [0.25, 0.3) is 0 Å². The highest BCUT2D eigenvalue weighted by Crippen LogP contribution is 2.30. The maximum Gasteiger partial charge on any atom is 0.0743 e. The summed E-state index contributed by atoms with van der Waals surface area (Å²) in [5, 5.41) is 0. The van der Waals surface area contributed by atoms with Crippen LogP contribution in [0.4, 0.5) is 0 Å².